The molecular weight excluding hydrogens is 414 g/mol. The summed E-state index contributed by atoms with van der Waals surface area (Å²) in [6.07, 6.45) is 3.73. The number of likely N-dealkylation sites (tertiary alicyclic amines) is 2. The first-order valence-electron chi connectivity index (χ1n) is 10.8. The van der Waals surface area contributed by atoms with Crippen LogP contribution in [0.1, 0.15) is 28.2 Å². The highest BCUT2D eigenvalue weighted by Crippen LogP contribution is 2.32. The monoisotopic (exact) mass is 441 g/mol. The van der Waals surface area contributed by atoms with E-state index in [1.165, 1.54) is 0 Å². The van der Waals surface area contributed by atoms with Gasteiger partial charge in [0.15, 0.2) is 0 Å². The van der Waals surface area contributed by atoms with Gasteiger partial charge in [-0.2, -0.15) is 10.1 Å². The van der Waals surface area contributed by atoms with Crippen LogP contribution in [0.5, 0.6) is 6.01 Å². The van der Waals surface area contributed by atoms with Crippen LogP contribution in [0.15, 0.2) is 18.5 Å². The van der Waals surface area contributed by atoms with Crippen LogP contribution >= 0.6 is 0 Å². The molecule has 11 nitrogen and oxygen atoms in total. The molecule has 3 atom stereocenters. The first-order chi connectivity index (χ1) is 15.4. The number of aromatic nitrogens is 4. The molecule has 0 aliphatic carbocycles. The number of hydrogen-bond acceptors (Lipinski definition) is 8. The Bertz CT molecular complexity index is 1040. The molecule has 3 aliphatic rings. The van der Waals surface area contributed by atoms with Gasteiger partial charge in [0.2, 0.25) is 0 Å². The highest BCUT2D eigenvalue weighted by atomic mass is 16.6. The van der Waals surface area contributed by atoms with E-state index in [1.54, 1.807) is 31.2 Å². The zero-order chi connectivity index (χ0) is 22.4. The second kappa shape index (κ2) is 8.05. The lowest BCUT2D eigenvalue weighted by molar-refractivity contribution is 0.0772. The normalized spacial score (nSPS) is 25.3. The summed E-state index contributed by atoms with van der Waals surface area (Å²) < 4.78 is 12.5. The average Bonchev–Trinajstić information content (AvgIpc) is 3.52. The van der Waals surface area contributed by atoms with Crippen molar-refractivity contribution in [2.24, 2.45) is 7.05 Å². The molecule has 0 radical (unpaired) electrons. The minimum Gasteiger partial charge on any atom is -0.467 e. The van der Waals surface area contributed by atoms with E-state index in [0.717, 1.165) is 17.8 Å². The molecule has 3 saturated heterocycles. The summed E-state index contributed by atoms with van der Waals surface area (Å²) >= 11 is 0. The minimum atomic E-state index is -0.278. The molecular formula is C21H27N7O4. The molecule has 0 spiro atoms. The molecule has 1 unspecified atom stereocenters. The molecule has 32 heavy (non-hydrogen) atoms. The van der Waals surface area contributed by atoms with Gasteiger partial charge >= 0.3 is 12.1 Å². The van der Waals surface area contributed by atoms with Crippen molar-refractivity contribution in [1.82, 2.24) is 34.4 Å². The van der Waals surface area contributed by atoms with Crippen LogP contribution in [0.2, 0.25) is 0 Å². The fourth-order valence-electron chi connectivity index (χ4n) is 5.02. The highest BCUT2D eigenvalue weighted by Gasteiger charge is 2.51. The number of nitrogens with zero attached hydrogens (tertiary/aromatic N) is 7. The van der Waals surface area contributed by atoms with Crippen molar-refractivity contribution in [2.75, 3.05) is 33.3 Å². The molecule has 0 bridgehead atoms. The summed E-state index contributed by atoms with van der Waals surface area (Å²) in [5.74, 6) is -0.0343. The standard InChI is InChI=1S/C21H27N7O4/c1-13-16(10-25(2)24-13)19(29)27-7-5-15(9-27)28-17-11-26(12-18(17)32-21(28)30)8-14-4-6-22-20(23-14)31-3/h4,6,10,15,17-18H,5,7-9,11-12H2,1-3H3/t15?,17-,18+/m1/s1. The Balaban J connectivity index is 1.24. The maximum absolute atomic E-state index is 13.0. The lowest BCUT2D eigenvalue weighted by atomic mass is 10.1. The number of rotatable bonds is 5. The number of aryl methyl sites for hydroxylation is 2. The molecule has 11 heteroatoms. The topological polar surface area (TPSA) is 106 Å². The van der Waals surface area contributed by atoms with E-state index in [-0.39, 0.29) is 30.2 Å². The largest absolute Gasteiger partial charge is 0.467 e. The Morgan fingerprint density at radius 3 is 2.91 bits per heavy atom. The van der Waals surface area contributed by atoms with Crippen molar-refractivity contribution < 1.29 is 19.1 Å². The Hall–Kier alpha value is -3.21. The average molecular weight is 441 g/mol. The molecule has 2 aromatic rings. The molecule has 0 saturated carbocycles. The van der Waals surface area contributed by atoms with Crippen LogP contribution in [0.25, 0.3) is 0 Å². The van der Waals surface area contributed by atoms with Crippen molar-refractivity contribution in [1.29, 1.82) is 0 Å². The third-order valence-corrected chi connectivity index (χ3v) is 6.48. The summed E-state index contributed by atoms with van der Waals surface area (Å²) in [4.78, 5) is 40.0. The van der Waals surface area contributed by atoms with E-state index in [0.29, 0.717) is 44.3 Å². The number of hydrogen-bond donors (Lipinski definition) is 0. The molecule has 170 valence electrons. The smallest absolute Gasteiger partial charge is 0.410 e. The summed E-state index contributed by atoms with van der Waals surface area (Å²) in [6, 6.07) is 2.14. The van der Waals surface area contributed by atoms with Gasteiger partial charge in [-0.05, 0) is 19.4 Å². The first-order valence-corrected chi connectivity index (χ1v) is 10.8. The zero-order valence-electron chi connectivity index (χ0n) is 18.5. The van der Waals surface area contributed by atoms with Gasteiger partial charge in [0.05, 0.1) is 36.1 Å². The van der Waals surface area contributed by atoms with Crippen LogP contribution in [-0.4, -0.2) is 97.9 Å². The maximum atomic E-state index is 13.0. The SMILES string of the molecule is COc1nccc(CN2C[C@@H]3OC(=O)N(C4CCN(C(=O)c5cn(C)nc5C)C4)[C@@H]3C2)n1. The van der Waals surface area contributed by atoms with E-state index in [1.807, 2.05) is 22.8 Å². The molecule has 5 rings (SSSR count). The van der Waals surface area contributed by atoms with E-state index in [4.69, 9.17) is 9.47 Å². The molecule has 5 heterocycles. The molecule has 2 amide bonds. The molecule has 0 aromatic carbocycles. The van der Waals surface area contributed by atoms with Gasteiger partial charge in [0.1, 0.15) is 6.10 Å². The van der Waals surface area contributed by atoms with Crippen LogP contribution < -0.4 is 4.74 Å². The lowest BCUT2D eigenvalue weighted by Crippen LogP contribution is -2.46. The minimum absolute atomic E-state index is 0.0218. The quantitative estimate of drug-likeness (QED) is 0.658. The summed E-state index contributed by atoms with van der Waals surface area (Å²) in [7, 11) is 3.35. The van der Waals surface area contributed by atoms with Gasteiger partial charge in [-0.3, -0.25) is 19.3 Å². The van der Waals surface area contributed by atoms with Crippen molar-refractivity contribution in [3.8, 4) is 6.01 Å². The van der Waals surface area contributed by atoms with Crippen LogP contribution in [-0.2, 0) is 18.3 Å². The summed E-state index contributed by atoms with van der Waals surface area (Å²) in [5.41, 5.74) is 2.19. The van der Waals surface area contributed by atoms with Gasteiger partial charge < -0.3 is 14.4 Å². The number of carbonyl (C=O) groups is 2. The third kappa shape index (κ3) is 3.66. The van der Waals surface area contributed by atoms with Crippen molar-refractivity contribution in [2.45, 2.75) is 38.1 Å². The van der Waals surface area contributed by atoms with E-state index >= 15 is 0 Å². The number of carbonyl (C=O) groups excluding carboxylic acids is 2. The fraction of sp³-hybridized carbons (Fsp3) is 0.571. The number of fused-ring (bicyclic) bond motifs is 1. The predicted octanol–water partition coefficient (Wildman–Crippen LogP) is 0.447. The molecule has 3 aliphatic heterocycles. The molecule has 3 fully saturated rings. The van der Waals surface area contributed by atoms with Crippen molar-refractivity contribution in [3.63, 3.8) is 0 Å². The lowest BCUT2D eigenvalue weighted by Gasteiger charge is -2.28. The third-order valence-electron chi connectivity index (χ3n) is 6.48. The zero-order valence-corrected chi connectivity index (χ0v) is 18.5. The van der Waals surface area contributed by atoms with Gasteiger partial charge in [-0.15, -0.1) is 0 Å². The Labute approximate surface area is 185 Å². The van der Waals surface area contributed by atoms with Gasteiger partial charge in [-0.1, -0.05) is 0 Å². The van der Waals surface area contributed by atoms with E-state index in [9.17, 15) is 9.59 Å². The summed E-state index contributed by atoms with van der Waals surface area (Å²) in [5, 5.41) is 4.27. The summed E-state index contributed by atoms with van der Waals surface area (Å²) in [6.45, 7) is 4.95. The van der Waals surface area contributed by atoms with Crippen LogP contribution in [0, 0.1) is 6.92 Å². The van der Waals surface area contributed by atoms with E-state index < -0.39 is 0 Å². The van der Waals surface area contributed by atoms with Crippen LogP contribution in [0.4, 0.5) is 4.79 Å². The fourth-order valence-corrected chi connectivity index (χ4v) is 5.02. The second-order valence-electron chi connectivity index (χ2n) is 8.62. The Kier molecular flexibility index (Phi) is 5.20. The number of ether oxygens (including phenoxy) is 2. The Morgan fingerprint density at radius 2 is 2.16 bits per heavy atom. The second-order valence-corrected chi connectivity index (χ2v) is 8.62. The van der Waals surface area contributed by atoms with Gasteiger partial charge in [0, 0.05) is 52.2 Å². The predicted molar refractivity (Wildman–Crippen MR) is 112 cm³/mol. The van der Waals surface area contributed by atoms with Gasteiger partial charge in [0.25, 0.3) is 5.91 Å². The van der Waals surface area contributed by atoms with Crippen LogP contribution in [0.3, 0.4) is 0 Å². The molecule has 2 aromatic heterocycles. The Morgan fingerprint density at radius 1 is 1.31 bits per heavy atom. The number of amides is 2. The highest BCUT2D eigenvalue weighted by molar-refractivity contribution is 5.95. The number of methoxy groups -OCH3 is 1. The maximum Gasteiger partial charge on any atom is 0.410 e. The van der Waals surface area contributed by atoms with Gasteiger partial charge in [-0.25, -0.2) is 9.78 Å². The van der Waals surface area contributed by atoms with Crippen molar-refractivity contribution in [3.05, 3.63) is 35.4 Å². The first kappa shape index (κ1) is 20.7. The molecule has 0 N–H and O–H groups in total. The van der Waals surface area contributed by atoms with E-state index in [2.05, 4.69) is 20.0 Å². The van der Waals surface area contributed by atoms with Crippen molar-refractivity contribution >= 4 is 12.0 Å².